The van der Waals surface area contributed by atoms with Crippen molar-refractivity contribution in [1.82, 2.24) is 24.7 Å². The zero-order valence-electron chi connectivity index (χ0n) is 15.7. The predicted octanol–water partition coefficient (Wildman–Crippen LogP) is 3.67. The number of aromatic carboxylic acids is 1. The van der Waals surface area contributed by atoms with Crippen molar-refractivity contribution in [3.63, 3.8) is 0 Å². The van der Waals surface area contributed by atoms with E-state index in [-0.39, 0.29) is 11.5 Å². The van der Waals surface area contributed by atoms with Gasteiger partial charge in [-0.25, -0.2) is 24.4 Å². The molecule has 7 heteroatoms. The van der Waals surface area contributed by atoms with E-state index in [9.17, 15) is 9.90 Å². The maximum atomic E-state index is 11.3. The molecule has 3 aromatic heterocycles. The molecule has 0 aliphatic rings. The number of carboxylic acid groups (broad SMARTS) is 1. The SMILES string of the molecule is Cc1nn(-c2ccccn2)c(C)c1/C=C/c1ncc(C(=O)O)c(C(C)C)n1. The monoisotopic (exact) mass is 363 g/mol. The lowest BCUT2D eigenvalue weighted by atomic mass is 10.1. The van der Waals surface area contributed by atoms with Gasteiger partial charge in [0.2, 0.25) is 0 Å². The van der Waals surface area contributed by atoms with Gasteiger partial charge in [-0.15, -0.1) is 0 Å². The fraction of sp³-hybridized carbons (Fsp3) is 0.250. The van der Waals surface area contributed by atoms with Crippen LogP contribution < -0.4 is 0 Å². The molecule has 3 aromatic rings. The van der Waals surface area contributed by atoms with E-state index >= 15 is 0 Å². The second-order valence-electron chi connectivity index (χ2n) is 6.50. The molecule has 138 valence electrons. The third-order valence-electron chi connectivity index (χ3n) is 4.23. The highest BCUT2D eigenvalue weighted by Gasteiger charge is 2.16. The van der Waals surface area contributed by atoms with E-state index in [1.165, 1.54) is 6.20 Å². The highest BCUT2D eigenvalue weighted by atomic mass is 16.4. The number of carboxylic acids is 1. The smallest absolute Gasteiger partial charge is 0.339 e. The van der Waals surface area contributed by atoms with Crippen LogP contribution in [0.5, 0.6) is 0 Å². The summed E-state index contributed by atoms with van der Waals surface area (Å²) in [6.45, 7) is 7.73. The van der Waals surface area contributed by atoms with Crippen LogP contribution in [0.2, 0.25) is 0 Å². The van der Waals surface area contributed by atoms with E-state index < -0.39 is 5.97 Å². The minimum atomic E-state index is -1.02. The van der Waals surface area contributed by atoms with Crippen molar-refractivity contribution in [3.8, 4) is 5.82 Å². The van der Waals surface area contributed by atoms with Crippen LogP contribution in [-0.4, -0.2) is 35.8 Å². The summed E-state index contributed by atoms with van der Waals surface area (Å²) in [7, 11) is 0. The molecule has 0 aromatic carbocycles. The number of carbonyl (C=O) groups is 1. The molecular weight excluding hydrogens is 342 g/mol. The van der Waals surface area contributed by atoms with E-state index in [4.69, 9.17) is 0 Å². The summed E-state index contributed by atoms with van der Waals surface area (Å²) in [6.07, 6.45) is 6.77. The van der Waals surface area contributed by atoms with Crippen molar-refractivity contribution in [1.29, 1.82) is 0 Å². The van der Waals surface area contributed by atoms with E-state index in [1.54, 1.807) is 17.0 Å². The molecule has 3 heterocycles. The van der Waals surface area contributed by atoms with Crippen LogP contribution in [0, 0.1) is 13.8 Å². The Morgan fingerprint density at radius 2 is 1.96 bits per heavy atom. The largest absolute Gasteiger partial charge is 0.478 e. The van der Waals surface area contributed by atoms with E-state index in [0.717, 1.165) is 22.8 Å². The molecule has 0 saturated carbocycles. The summed E-state index contributed by atoms with van der Waals surface area (Å²) >= 11 is 0. The Bertz CT molecular complexity index is 1010. The summed E-state index contributed by atoms with van der Waals surface area (Å²) in [4.78, 5) is 24.2. The van der Waals surface area contributed by atoms with Crippen molar-refractivity contribution in [2.45, 2.75) is 33.6 Å². The third-order valence-corrected chi connectivity index (χ3v) is 4.23. The fourth-order valence-electron chi connectivity index (χ4n) is 2.85. The Balaban J connectivity index is 1.96. The van der Waals surface area contributed by atoms with E-state index in [1.807, 2.05) is 52.0 Å². The van der Waals surface area contributed by atoms with Crippen LogP contribution in [-0.2, 0) is 0 Å². The maximum Gasteiger partial charge on any atom is 0.339 e. The fourth-order valence-corrected chi connectivity index (χ4v) is 2.85. The first-order chi connectivity index (χ1) is 12.9. The molecule has 0 aliphatic carbocycles. The second-order valence-corrected chi connectivity index (χ2v) is 6.50. The molecule has 1 N–H and O–H groups in total. The van der Waals surface area contributed by atoms with Gasteiger partial charge in [-0.3, -0.25) is 0 Å². The lowest BCUT2D eigenvalue weighted by Crippen LogP contribution is -2.08. The van der Waals surface area contributed by atoms with Crippen LogP contribution in [0.1, 0.15) is 58.6 Å². The van der Waals surface area contributed by atoms with Crippen LogP contribution in [0.15, 0.2) is 30.6 Å². The molecule has 0 spiro atoms. The summed E-state index contributed by atoms with van der Waals surface area (Å²) in [5.74, 6) is 0.189. The Kier molecular flexibility index (Phi) is 5.12. The van der Waals surface area contributed by atoms with Gasteiger partial charge in [-0.1, -0.05) is 19.9 Å². The van der Waals surface area contributed by atoms with Crippen LogP contribution in [0.4, 0.5) is 0 Å². The average Bonchev–Trinajstić information content (AvgIpc) is 2.94. The zero-order valence-corrected chi connectivity index (χ0v) is 15.7. The predicted molar refractivity (Wildman–Crippen MR) is 103 cm³/mol. The molecule has 0 saturated heterocycles. The topological polar surface area (TPSA) is 93.8 Å². The first-order valence-corrected chi connectivity index (χ1v) is 8.64. The first kappa shape index (κ1) is 18.4. The number of aryl methyl sites for hydroxylation is 1. The highest BCUT2D eigenvalue weighted by molar-refractivity contribution is 5.88. The molecule has 0 bridgehead atoms. The number of pyridine rings is 1. The molecule has 7 nitrogen and oxygen atoms in total. The van der Waals surface area contributed by atoms with Crippen LogP contribution in [0.3, 0.4) is 0 Å². The zero-order chi connectivity index (χ0) is 19.6. The minimum absolute atomic E-state index is 0.0124. The van der Waals surface area contributed by atoms with Crippen molar-refractivity contribution >= 4 is 18.1 Å². The molecule has 27 heavy (non-hydrogen) atoms. The Morgan fingerprint density at radius 3 is 2.59 bits per heavy atom. The van der Waals surface area contributed by atoms with Crippen LogP contribution in [0.25, 0.3) is 18.0 Å². The molecule has 3 rings (SSSR count). The van der Waals surface area contributed by atoms with E-state index in [0.29, 0.717) is 11.5 Å². The maximum absolute atomic E-state index is 11.3. The Morgan fingerprint density at radius 1 is 1.19 bits per heavy atom. The second kappa shape index (κ2) is 7.49. The van der Waals surface area contributed by atoms with Gasteiger partial charge in [0.15, 0.2) is 11.6 Å². The van der Waals surface area contributed by atoms with Crippen molar-refractivity contribution in [3.05, 3.63) is 64.6 Å². The van der Waals surface area contributed by atoms with Crippen molar-refractivity contribution in [2.75, 3.05) is 0 Å². The summed E-state index contributed by atoms with van der Waals surface area (Å²) < 4.78 is 1.79. The number of aromatic nitrogens is 5. The van der Waals surface area contributed by atoms with Crippen LogP contribution >= 0.6 is 0 Å². The first-order valence-electron chi connectivity index (χ1n) is 8.64. The molecule has 0 aliphatic heterocycles. The van der Waals surface area contributed by atoms with Crippen molar-refractivity contribution < 1.29 is 9.90 Å². The van der Waals surface area contributed by atoms with Gasteiger partial charge in [-0.2, -0.15) is 5.10 Å². The number of hydrogen-bond acceptors (Lipinski definition) is 5. The van der Waals surface area contributed by atoms with E-state index in [2.05, 4.69) is 20.1 Å². The van der Waals surface area contributed by atoms with Gasteiger partial charge in [0.25, 0.3) is 0 Å². The molecule has 0 radical (unpaired) electrons. The Hall–Kier alpha value is -3.35. The van der Waals surface area contributed by atoms with Gasteiger partial charge in [0, 0.05) is 18.0 Å². The third kappa shape index (κ3) is 3.76. The summed E-state index contributed by atoms with van der Waals surface area (Å²) in [5, 5.41) is 13.8. The summed E-state index contributed by atoms with van der Waals surface area (Å²) in [5.41, 5.74) is 3.43. The Labute approximate surface area is 157 Å². The molecule has 0 amide bonds. The lowest BCUT2D eigenvalue weighted by Gasteiger charge is -2.08. The number of nitrogens with zero attached hydrogens (tertiary/aromatic N) is 5. The standard InChI is InChI=1S/C20H21N5O2/c1-12(2)19-16(20(26)27)11-22-17(23-19)9-8-15-13(3)24-25(14(15)4)18-7-5-6-10-21-18/h5-12H,1-4H3,(H,26,27)/b9-8+. The number of rotatable bonds is 5. The van der Waals surface area contributed by atoms with Crippen molar-refractivity contribution in [2.24, 2.45) is 0 Å². The lowest BCUT2D eigenvalue weighted by molar-refractivity contribution is 0.0694. The average molecular weight is 363 g/mol. The minimum Gasteiger partial charge on any atom is -0.478 e. The van der Waals surface area contributed by atoms with Gasteiger partial charge in [0.05, 0.1) is 22.6 Å². The van der Waals surface area contributed by atoms with Gasteiger partial charge >= 0.3 is 5.97 Å². The van der Waals surface area contributed by atoms with Gasteiger partial charge in [0.1, 0.15) is 0 Å². The van der Waals surface area contributed by atoms with Gasteiger partial charge in [-0.05, 0) is 44.1 Å². The quantitative estimate of drug-likeness (QED) is 0.743. The molecule has 0 fully saturated rings. The highest BCUT2D eigenvalue weighted by Crippen LogP contribution is 2.20. The molecular formula is C20H21N5O2. The summed E-state index contributed by atoms with van der Waals surface area (Å²) in [6, 6.07) is 5.68. The normalized spacial score (nSPS) is 11.4. The van der Waals surface area contributed by atoms with Gasteiger partial charge < -0.3 is 5.11 Å². The molecule has 0 atom stereocenters. The number of hydrogen-bond donors (Lipinski definition) is 1. The molecule has 0 unspecified atom stereocenters.